The van der Waals surface area contributed by atoms with Gasteiger partial charge in [-0.25, -0.2) is 4.79 Å². The minimum absolute atomic E-state index is 0.456. The van der Waals surface area contributed by atoms with Crippen molar-refractivity contribution in [1.82, 2.24) is 10.6 Å². The zero-order valence-corrected chi connectivity index (χ0v) is 7.67. The number of likely N-dealkylation sites (N-methyl/N-ethyl adjacent to an activating group) is 1. The average Bonchev–Trinajstić information content (AvgIpc) is 2.01. The lowest BCUT2D eigenvalue weighted by Gasteiger charge is -2.22. The van der Waals surface area contributed by atoms with Crippen molar-refractivity contribution in [2.45, 2.75) is 19.4 Å². The molecule has 0 aromatic rings. The van der Waals surface area contributed by atoms with Gasteiger partial charge in [0.15, 0.2) is 0 Å². The normalized spacial score (nSPS) is 10.4. The number of carbonyl (C=O) groups is 3. The fourth-order valence-electron chi connectivity index (χ4n) is 0.707. The highest BCUT2D eigenvalue weighted by Crippen LogP contribution is 2.00. The van der Waals surface area contributed by atoms with Gasteiger partial charge in [-0.1, -0.05) is 0 Å². The van der Waals surface area contributed by atoms with Crippen LogP contribution in [0, 0.1) is 0 Å². The molecule has 0 rings (SSSR count). The largest absolute Gasteiger partial charge is 0.474 e. The highest BCUT2D eigenvalue weighted by atomic mass is 16.4. The van der Waals surface area contributed by atoms with E-state index in [1.165, 1.54) is 20.9 Å². The quantitative estimate of drug-likeness (QED) is 0.470. The Bertz CT molecular complexity index is 247. The second-order valence-electron chi connectivity index (χ2n) is 2.96. The van der Waals surface area contributed by atoms with Crippen LogP contribution in [-0.2, 0) is 14.4 Å². The van der Waals surface area contributed by atoms with Crippen LogP contribution in [0.25, 0.3) is 0 Å². The van der Waals surface area contributed by atoms with Gasteiger partial charge in [0.1, 0.15) is 5.54 Å². The van der Waals surface area contributed by atoms with E-state index < -0.39 is 23.3 Å². The van der Waals surface area contributed by atoms with E-state index in [9.17, 15) is 14.4 Å². The zero-order valence-electron chi connectivity index (χ0n) is 7.67. The molecule has 0 aliphatic rings. The maximum absolute atomic E-state index is 11.1. The van der Waals surface area contributed by atoms with Gasteiger partial charge in [-0.2, -0.15) is 0 Å². The van der Waals surface area contributed by atoms with Gasteiger partial charge in [0.05, 0.1) is 0 Å². The van der Waals surface area contributed by atoms with E-state index in [4.69, 9.17) is 5.11 Å². The standard InChI is InChI=1S/C7H12N2O4/c1-7(2,6(13)8-3)9-4(10)5(11)12/h1-3H3,(H,8,13)(H,9,10)(H,11,12). The summed E-state index contributed by atoms with van der Waals surface area (Å²) in [5.74, 6) is -3.27. The number of carbonyl (C=O) groups excluding carboxylic acids is 2. The van der Waals surface area contributed by atoms with Gasteiger partial charge in [-0.15, -0.1) is 0 Å². The summed E-state index contributed by atoms with van der Waals surface area (Å²) in [5, 5.41) is 12.6. The molecule has 0 atom stereocenters. The van der Waals surface area contributed by atoms with Crippen molar-refractivity contribution in [2.75, 3.05) is 7.05 Å². The molecule has 0 bridgehead atoms. The van der Waals surface area contributed by atoms with Crippen LogP contribution >= 0.6 is 0 Å². The molecule has 6 nitrogen and oxygen atoms in total. The molecule has 74 valence electrons. The highest BCUT2D eigenvalue weighted by molar-refractivity contribution is 6.32. The summed E-state index contributed by atoms with van der Waals surface area (Å²) in [6.07, 6.45) is 0. The van der Waals surface area contributed by atoms with Crippen molar-refractivity contribution in [2.24, 2.45) is 0 Å². The Morgan fingerprint density at radius 3 is 2.00 bits per heavy atom. The molecule has 0 unspecified atom stereocenters. The first-order valence-corrected chi connectivity index (χ1v) is 3.59. The molecule has 0 radical (unpaired) electrons. The van der Waals surface area contributed by atoms with Crippen molar-refractivity contribution >= 4 is 17.8 Å². The third-order valence-corrected chi connectivity index (χ3v) is 1.41. The number of amides is 2. The zero-order chi connectivity index (χ0) is 10.6. The molecule has 0 aromatic carbocycles. The lowest BCUT2D eigenvalue weighted by atomic mass is 10.0. The molecule has 6 heteroatoms. The van der Waals surface area contributed by atoms with Gasteiger partial charge in [0, 0.05) is 7.05 Å². The molecule has 0 saturated heterocycles. The van der Waals surface area contributed by atoms with Gasteiger partial charge in [-0.3, -0.25) is 9.59 Å². The van der Waals surface area contributed by atoms with E-state index in [1.54, 1.807) is 0 Å². The number of carboxylic acids is 1. The van der Waals surface area contributed by atoms with Gasteiger partial charge in [0.25, 0.3) is 0 Å². The smallest absolute Gasteiger partial charge is 0.394 e. The molecule has 0 spiro atoms. The van der Waals surface area contributed by atoms with Crippen LogP contribution in [0.2, 0.25) is 0 Å². The SMILES string of the molecule is CNC(=O)C(C)(C)NC(=O)C(=O)O. The summed E-state index contributed by atoms with van der Waals surface area (Å²) in [6.45, 7) is 2.82. The summed E-state index contributed by atoms with van der Waals surface area (Å²) in [5.41, 5.74) is -1.22. The predicted octanol–water partition coefficient (Wildman–Crippen LogP) is -1.29. The number of rotatable bonds is 2. The third-order valence-electron chi connectivity index (χ3n) is 1.41. The van der Waals surface area contributed by atoms with Gasteiger partial charge >= 0.3 is 11.9 Å². The minimum atomic E-state index is -1.61. The van der Waals surface area contributed by atoms with Crippen LogP contribution in [0.4, 0.5) is 0 Å². The number of nitrogens with one attached hydrogen (secondary N) is 2. The summed E-state index contributed by atoms with van der Waals surface area (Å²) in [7, 11) is 1.40. The number of aliphatic carboxylic acids is 1. The number of hydrogen-bond acceptors (Lipinski definition) is 3. The Morgan fingerprint density at radius 2 is 1.69 bits per heavy atom. The number of hydrogen-bond donors (Lipinski definition) is 3. The van der Waals surface area contributed by atoms with Crippen LogP contribution in [-0.4, -0.2) is 35.5 Å². The first-order valence-electron chi connectivity index (χ1n) is 3.59. The van der Waals surface area contributed by atoms with E-state index in [1.807, 2.05) is 0 Å². The lowest BCUT2D eigenvalue weighted by molar-refractivity contribution is -0.151. The highest BCUT2D eigenvalue weighted by Gasteiger charge is 2.30. The average molecular weight is 188 g/mol. The van der Waals surface area contributed by atoms with Gasteiger partial charge < -0.3 is 15.7 Å². The van der Waals surface area contributed by atoms with Crippen molar-refractivity contribution in [1.29, 1.82) is 0 Å². The molecule has 0 aromatic heterocycles. The second kappa shape index (κ2) is 3.88. The van der Waals surface area contributed by atoms with Crippen LogP contribution < -0.4 is 10.6 Å². The van der Waals surface area contributed by atoms with Crippen molar-refractivity contribution in [3.63, 3.8) is 0 Å². The molecule has 0 saturated carbocycles. The topological polar surface area (TPSA) is 95.5 Å². The molecule has 2 amide bonds. The predicted molar refractivity (Wildman–Crippen MR) is 43.9 cm³/mol. The molecular formula is C7H12N2O4. The van der Waals surface area contributed by atoms with Crippen LogP contribution in [0.3, 0.4) is 0 Å². The van der Waals surface area contributed by atoms with Crippen LogP contribution in [0.5, 0.6) is 0 Å². The second-order valence-corrected chi connectivity index (χ2v) is 2.96. The van der Waals surface area contributed by atoms with Gasteiger partial charge in [0.2, 0.25) is 5.91 Å². The van der Waals surface area contributed by atoms with Gasteiger partial charge in [-0.05, 0) is 13.8 Å². The Hall–Kier alpha value is -1.59. The maximum Gasteiger partial charge on any atom is 0.394 e. The summed E-state index contributed by atoms with van der Waals surface area (Å²) in [4.78, 5) is 31.9. The minimum Gasteiger partial charge on any atom is -0.474 e. The summed E-state index contributed by atoms with van der Waals surface area (Å²) in [6, 6.07) is 0. The van der Waals surface area contributed by atoms with E-state index in [2.05, 4.69) is 10.6 Å². The molecule has 0 heterocycles. The summed E-state index contributed by atoms with van der Waals surface area (Å²) >= 11 is 0. The molecule has 3 N–H and O–H groups in total. The fraction of sp³-hybridized carbons (Fsp3) is 0.571. The molecule has 13 heavy (non-hydrogen) atoms. The Kier molecular flexibility index (Phi) is 3.41. The molecule has 0 fully saturated rings. The maximum atomic E-state index is 11.1. The first-order chi connectivity index (χ1) is 5.81. The third kappa shape index (κ3) is 3.10. The van der Waals surface area contributed by atoms with Crippen molar-refractivity contribution in [3.05, 3.63) is 0 Å². The molecule has 0 aliphatic heterocycles. The van der Waals surface area contributed by atoms with E-state index >= 15 is 0 Å². The molecule has 0 aliphatic carbocycles. The Morgan fingerprint density at radius 1 is 1.23 bits per heavy atom. The first kappa shape index (κ1) is 11.4. The lowest BCUT2D eigenvalue weighted by Crippen LogP contribution is -2.55. The fourth-order valence-corrected chi connectivity index (χ4v) is 0.707. The van der Waals surface area contributed by atoms with Crippen molar-refractivity contribution < 1.29 is 19.5 Å². The van der Waals surface area contributed by atoms with E-state index in [0.717, 1.165) is 0 Å². The molecular weight excluding hydrogens is 176 g/mol. The summed E-state index contributed by atoms with van der Waals surface area (Å²) < 4.78 is 0. The van der Waals surface area contributed by atoms with Crippen molar-refractivity contribution in [3.8, 4) is 0 Å². The monoisotopic (exact) mass is 188 g/mol. The van der Waals surface area contributed by atoms with E-state index in [-0.39, 0.29) is 0 Å². The van der Waals surface area contributed by atoms with E-state index in [0.29, 0.717) is 0 Å². The van der Waals surface area contributed by atoms with Crippen LogP contribution in [0.1, 0.15) is 13.8 Å². The van der Waals surface area contributed by atoms with Crippen LogP contribution in [0.15, 0.2) is 0 Å². The Labute approximate surface area is 75.3 Å². The number of carboxylic acid groups (broad SMARTS) is 1. The Balaban J connectivity index is 4.42.